The number of aryl methyl sites for hydroxylation is 1. The number of nitrogens with one attached hydrogen (secondary N) is 1. The lowest BCUT2D eigenvalue weighted by atomic mass is 10.2. The Morgan fingerprint density at radius 1 is 1.47 bits per heavy atom. The first-order chi connectivity index (χ1) is 8.86. The summed E-state index contributed by atoms with van der Waals surface area (Å²) in [6, 6.07) is 2.32. The first-order valence-electron chi connectivity index (χ1n) is 6.36. The Labute approximate surface area is 110 Å². The molecule has 1 aliphatic carbocycles. The van der Waals surface area contributed by atoms with Crippen LogP contribution in [0.3, 0.4) is 0 Å². The Morgan fingerprint density at radius 2 is 2.16 bits per heavy atom. The van der Waals surface area contributed by atoms with E-state index in [0.717, 1.165) is 12.7 Å². The molecule has 0 aliphatic heterocycles. The molecule has 1 aromatic heterocycles. The van der Waals surface area contributed by atoms with Crippen LogP contribution < -0.4 is 5.32 Å². The molecular weight excluding hydrogens is 259 g/mol. The zero-order valence-corrected chi connectivity index (χ0v) is 11.0. The minimum Gasteiger partial charge on any atom is -0.465 e. The van der Waals surface area contributed by atoms with Gasteiger partial charge in [0.1, 0.15) is 11.5 Å². The third kappa shape index (κ3) is 4.24. The fraction of sp³-hybridized carbons (Fsp3) is 0.692. The molecule has 0 bridgehead atoms. The molecule has 1 heterocycles. The van der Waals surface area contributed by atoms with E-state index in [9.17, 15) is 13.2 Å². The first-order valence-corrected chi connectivity index (χ1v) is 6.36. The minimum absolute atomic E-state index is 0.0839. The molecule has 1 unspecified atom stereocenters. The number of rotatable bonds is 6. The molecule has 1 aliphatic rings. The zero-order chi connectivity index (χ0) is 14.0. The van der Waals surface area contributed by atoms with Crippen LogP contribution >= 0.6 is 0 Å². The summed E-state index contributed by atoms with van der Waals surface area (Å²) in [5, 5.41) is 3.29. The maximum absolute atomic E-state index is 12.3. The number of ether oxygens (including phenoxy) is 1. The molecule has 1 N–H and O–H groups in total. The van der Waals surface area contributed by atoms with Gasteiger partial charge in [-0.05, 0) is 32.8 Å². The summed E-state index contributed by atoms with van der Waals surface area (Å²) in [7, 11) is 0. The van der Waals surface area contributed by atoms with E-state index in [1.807, 2.05) is 0 Å². The van der Waals surface area contributed by atoms with E-state index in [0.29, 0.717) is 23.9 Å². The molecule has 1 fully saturated rings. The molecule has 19 heavy (non-hydrogen) atoms. The molecule has 0 aromatic carbocycles. The summed E-state index contributed by atoms with van der Waals surface area (Å²) in [4.78, 5) is 0. The van der Waals surface area contributed by atoms with Gasteiger partial charge in [0.15, 0.2) is 6.10 Å². The number of halogens is 3. The van der Waals surface area contributed by atoms with Gasteiger partial charge in [-0.2, -0.15) is 13.2 Å². The highest BCUT2D eigenvalue weighted by molar-refractivity contribution is 5.20. The van der Waals surface area contributed by atoms with E-state index in [1.54, 1.807) is 13.0 Å². The van der Waals surface area contributed by atoms with Crippen molar-refractivity contribution in [3.05, 3.63) is 23.2 Å². The van der Waals surface area contributed by atoms with Crippen LogP contribution in [0.5, 0.6) is 0 Å². The van der Waals surface area contributed by atoms with Crippen LogP contribution in [0, 0.1) is 6.92 Å². The van der Waals surface area contributed by atoms with Crippen molar-refractivity contribution >= 4 is 0 Å². The summed E-state index contributed by atoms with van der Waals surface area (Å²) in [6.45, 7) is 3.27. The predicted octanol–water partition coefficient (Wildman–Crippen LogP) is 3.31. The molecule has 108 valence electrons. The van der Waals surface area contributed by atoms with Crippen molar-refractivity contribution in [3.63, 3.8) is 0 Å². The topological polar surface area (TPSA) is 34.4 Å². The monoisotopic (exact) mass is 277 g/mol. The second-order valence-electron chi connectivity index (χ2n) is 4.94. The van der Waals surface area contributed by atoms with Crippen molar-refractivity contribution in [2.24, 2.45) is 0 Å². The summed E-state index contributed by atoms with van der Waals surface area (Å²) in [6.07, 6.45) is -3.74. The van der Waals surface area contributed by atoms with E-state index < -0.39 is 12.3 Å². The van der Waals surface area contributed by atoms with Crippen LogP contribution in [0.15, 0.2) is 10.5 Å². The van der Waals surface area contributed by atoms with E-state index in [-0.39, 0.29) is 6.61 Å². The number of hydrogen-bond donors (Lipinski definition) is 1. The van der Waals surface area contributed by atoms with Gasteiger partial charge in [0.2, 0.25) is 0 Å². The molecule has 0 radical (unpaired) electrons. The standard InChI is InChI=1S/C13H18F3NO2/c1-8-10(7-18-9(2)13(14,15)16)5-12(19-8)6-17-11-3-4-11/h5,9,11,17H,3-4,6-7H2,1-2H3. The lowest BCUT2D eigenvalue weighted by Crippen LogP contribution is -2.28. The fourth-order valence-corrected chi connectivity index (χ4v) is 1.66. The quantitative estimate of drug-likeness (QED) is 0.866. The molecular formula is C13H18F3NO2. The van der Waals surface area contributed by atoms with Gasteiger partial charge in [0, 0.05) is 11.6 Å². The predicted molar refractivity (Wildman–Crippen MR) is 63.6 cm³/mol. The van der Waals surface area contributed by atoms with Crippen molar-refractivity contribution in [1.82, 2.24) is 5.32 Å². The lowest BCUT2D eigenvalue weighted by molar-refractivity contribution is -0.217. The summed E-state index contributed by atoms with van der Waals surface area (Å²) in [5.74, 6) is 1.35. The van der Waals surface area contributed by atoms with E-state index in [4.69, 9.17) is 9.15 Å². The summed E-state index contributed by atoms with van der Waals surface area (Å²) < 4.78 is 47.3. The molecule has 6 heteroatoms. The minimum atomic E-state index is -4.33. The summed E-state index contributed by atoms with van der Waals surface area (Å²) >= 11 is 0. The zero-order valence-electron chi connectivity index (χ0n) is 11.0. The van der Waals surface area contributed by atoms with Gasteiger partial charge in [-0.3, -0.25) is 0 Å². The molecule has 0 amide bonds. The van der Waals surface area contributed by atoms with Crippen LogP contribution in [-0.4, -0.2) is 18.3 Å². The van der Waals surface area contributed by atoms with Crippen molar-refractivity contribution in [2.45, 2.75) is 58.2 Å². The Kier molecular flexibility index (Phi) is 4.20. The normalized spacial score (nSPS) is 17.7. The second kappa shape index (κ2) is 5.54. The summed E-state index contributed by atoms with van der Waals surface area (Å²) in [5.41, 5.74) is 0.670. The number of alkyl halides is 3. The van der Waals surface area contributed by atoms with Gasteiger partial charge in [0.05, 0.1) is 13.2 Å². The van der Waals surface area contributed by atoms with Gasteiger partial charge >= 0.3 is 6.18 Å². The van der Waals surface area contributed by atoms with Crippen LogP contribution in [0.25, 0.3) is 0 Å². The molecule has 3 nitrogen and oxygen atoms in total. The molecule has 1 saturated carbocycles. The van der Waals surface area contributed by atoms with E-state index in [1.165, 1.54) is 12.8 Å². The van der Waals surface area contributed by atoms with Crippen LogP contribution in [0.4, 0.5) is 13.2 Å². The van der Waals surface area contributed by atoms with E-state index in [2.05, 4.69) is 5.32 Å². The van der Waals surface area contributed by atoms with Crippen molar-refractivity contribution in [2.75, 3.05) is 0 Å². The van der Waals surface area contributed by atoms with Crippen molar-refractivity contribution in [1.29, 1.82) is 0 Å². The van der Waals surface area contributed by atoms with Gasteiger partial charge < -0.3 is 14.5 Å². The number of furan rings is 1. The molecule has 1 atom stereocenters. The average molecular weight is 277 g/mol. The highest BCUT2D eigenvalue weighted by Crippen LogP contribution is 2.25. The maximum atomic E-state index is 12.3. The highest BCUT2D eigenvalue weighted by atomic mass is 19.4. The Hall–Kier alpha value is -1.01. The largest absolute Gasteiger partial charge is 0.465 e. The van der Waals surface area contributed by atoms with Crippen molar-refractivity contribution in [3.8, 4) is 0 Å². The third-order valence-electron chi connectivity index (χ3n) is 3.16. The number of hydrogen-bond acceptors (Lipinski definition) is 3. The first kappa shape index (κ1) is 14.4. The van der Waals surface area contributed by atoms with Gasteiger partial charge in [-0.25, -0.2) is 0 Å². The smallest absolute Gasteiger partial charge is 0.414 e. The van der Waals surface area contributed by atoms with Gasteiger partial charge in [-0.1, -0.05) is 0 Å². The molecule has 0 spiro atoms. The second-order valence-corrected chi connectivity index (χ2v) is 4.94. The molecule has 1 aromatic rings. The SMILES string of the molecule is Cc1oc(CNC2CC2)cc1COC(C)C(F)(F)F. The molecule has 2 rings (SSSR count). The molecule has 0 saturated heterocycles. The van der Waals surface area contributed by atoms with Crippen molar-refractivity contribution < 1.29 is 22.3 Å². The highest BCUT2D eigenvalue weighted by Gasteiger charge is 2.37. The third-order valence-corrected chi connectivity index (χ3v) is 3.16. The van der Waals surface area contributed by atoms with Gasteiger partial charge in [-0.15, -0.1) is 0 Å². The Balaban J connectivity index is 1.85. The average Bonchev–Trinajstić information content (AvgIpc) is 3.07. The van der Waals surface area contributed by atoms with Crippen LogP contribution in [-0.2, 0) is 17.9 Å². The van der Waals surface area contributed by atoms with Gasteiger partial charge in [0.25, 0.3) is 0 Å². The van der Waals surface area contributed by atoms with E-state index >= 15 is 0 Å². The Morgan fingerprint density at radius 3 is 2.74 bits per heavy atom. The maximum Gasteiger partial charge on any atom is 0.414 e. The fourth-order valence-electron chi connectivity index (χ4n) is 1.66. The lowest BCUT2D eigenvalue weighted by Gasteiger charge is -2.15. The van der Waals surface area contributed by atoms with Crippen LogP contribution in [0.2, 0.25) is 0 Å². The van der Waals surface area contributed by atoms with Crippen LogP contribution in [0.1, 0.15) is 36.8 Å². The Bertz CT molecular complexity index is 424.